The topological polar surface area (TPSA) is 86.8 Å². The smallest absolute Gasteiger partial charge is 0.264 e. The molecule has 7 nitrogen and oxygen atoms in total. The van der Waals surface area contributed by atoms with Crippen molar-refractivity contribution in [3.05, 3.63) is 94.0 Å². The van der Waals surface area contributed by atoms with Crippen LogP contribution in [-0.2, 0) is 32.6 Å². The second kappa shape index (κ2) is 14.0. The molecule has 0 aliphatic rings. The lowest BCUT2D eigenvalue weighted by Crippen LogP contribution is -2.52. The van der Waals surface area contributed by atoms with E-state index in [4.69, 9.17) is 23.2 Å². The van der Waals surface area contributed by atoms with E-state index in [-0.39, 0.29) is 23.4 Å². The quantitative estimate of drug-likeness (QED) is 0.272. The molecule has 40 heavy (non-hydrogen) atoms. The molecule has 2 amide bonds. The zero-order chi connectivity index (χ0) is 29.4. The summed E-state index contributed by atoms with van der Waals surface area (Å²) in [6, 6.07) is 19.1. The molecule has 0 bridgehead atoms. The van der Waals surface area contributed by atoms with Crippen molar-refractivity contribution in [2.24, 2.45) is 0 Å². The molecule has 214 valence electrons. The number of rotatable bonds is 12. The largest absolute Gasteiger partial charge is 0.352 e. The van der Waals surface area contributed by atoms with Crippen molar-refractivity contribution in [1.29, 1.82) is 0 Å². The fourth-order valence-corrected chi connectivity index (χ4v) is 5.96. The van der Waals surface area contributed by atoms with Gasteiger partial charge in [-0.3, -0.25) is 13.9 Å². The molecule has 0 radical (unpaired) electrons. The lowest BCUT2D eigenvalue weighted by atomic mass is 10.1. The molecule has 0 spiro atoms. The number of nitrogens with zero attached hydrogens (tertiary/aromatic N) is 2. The summed E-state index contributed by atoms with van der Waals surface area (Å²) in [7, 11) is -4.12. The first-order valence-corrected chi connectivity index (χ1v) is 15.4. The highest BCUT2D eigenvalue weighted by molar-refractivity contribution is 7.92. The van der Waals surface area contributed by atoms with Gasteiger partial charge >= 0.3 is 0 Å². The number of sulfonamides is 1. The van der Waals surface area contributed by atoms with Gasteiger partial charge in [0.25, 0.3) is 10.0 Å². The molecule has 3 aromatic carbocycles. The monoisotopic (exact) mass is 603 g/mol. The normalized spacial score (nSPS) is 12.8. The predicted molar refractivity (Wildman–Crippen MR) is 161 cm³/mol. The highest BCUT2D eigenvalue weighted by Gasteiger charge is 2.33. The molecule has 0 aliphatic heterocycles. The number of nitrogens with one attached hydrogen (secondary N) is 1. The lowest BCUT2D eigenvalue weighted by Gasteiger charge is -2.33. The average molecular weight is 605 g/mol. The van der Waals surface area contributed by atoms with Gasteiger partial charge in [-0.05, 0) is 68.1 Å². The Morgan fingerprint density at radius 1 is 0.900 bits per heavy atom. The maximum Gasteiger partial charge on any atom is 0.264 e. The molecule has 1 N–H and O–H groups in total. The van der Waals surface area contributed by atoms with Gasteiger partial charge in [-0.1, -0.05) is 79.5 Å². The van der Waals surface area contributed by atoms with Crippen molar-refractivity contribution < 1.29 is 18.0 Å². The Morgan fingerprint density at radius 2 is 1.55 bits per heavy atom. The molecular weight excluding hydrogens is 569 g/mol. The number of amides is 2. The zero-order valence-corrected chi connectivity index (χ0v) is 25.4. The molecule has 3 rings (SSSR count). The third-order valence-electron chi connectivity index (χ3n) is 6.76. The van der Waals surface area contributed by atoms with Crippen LogP contribution in [0.25, 0.3) is 0 Å². The number of halogens is 2. The Morgan fingerprint density at radius 3 is 2.17 bits per heavy atom. The molecule has 0 saturated carbocycles. The first-order valence-electron chi connectivity index (χ1n) is 13.2. The summed E-state index contributed by atoms with van der Waals surface area (Å²) in [5, 5.41) is 3.59. The number of carbonyl (C=O) groups is 2. The number of hydrogen-bond donors (Lipinski definition) is 1. The third kappa shape index (κ3) is 7.56. The molecule has 3 aromatic rings. The summed E-state index contributed by atoms with van der Waals surface area (Å²) >= 11 is 12.3. The highest BCUT2D eigenvalue weighted by Crippen LogP contribution is 2.29. The number of carbonyl (C=O) groups excluding carboxylic acids is 2. The van der Waals surface area contributed by atoms with Crippen LogP contribution >= 0.6 is 23.2 Å². The Labute approximate surface area is 247 Å². The second-order valence-electron chi connectivity index (χ2n) is 9.57. The SMILES string of the molecule is CCc1ccccc1N(CC(=O)N(Cc1ccc(Cl)c(Cl)c1)[C@H](C)C(=O)N[C@@H](C)CC)S(=O)(=O)c1ccccc1. The number of para-hydroxylation sites is 1. The predicted octanol–water partition coefficient (Wildman–Crippen LogP) is 6.08. The minimum absolute atomic E-state index is 0.0272. The van der Waals surface area contributed by atoms with Gasteiger partial charge in [-0.25, -0.2) is 8.42 Å². The molecule has 0 heterocycles. The molecule has 0 saturated heterocycles. The number of aryl methyl sites for hydroxylation is 1. The van der Waals surface area contributed by atoms with E-state index in [9.17, 15) is 18.0 Å². The summed E-state index contributed by atoms with van der Waals surface area (Å²) in [5.41, 5.74) is 1.83. The van der Waals surface area contributed by atoms with Crippen LogP contribution in [0.3, 0.4) is 0 Å². The summed E-state index contributed by atoms with van der Waals surface area (Å²) in [4.78, 5) is 28.6. The van der Waals surface area contributed by atoms with Gasteiger partial charge < -0.3 is 10.2 Å². The van der Waals surface area contributed by atoms with Crippen LogP contribution in [0.15, 0.2) is 77.7 Å². The van der Waals surface area contributed by atoms with Crippen LogP contribution in [0.5, 0.6) is 0 Å². The molecule has 0 aromatic heterocycles. The van der Waals surface area contributed by atoms with Crippen LogP contribution in [0.1, 0.15) is 45.2 Å². The maximum absolute atomic E-state index is 14.0. The fourth-order valence-electron chi connectivity index (χ4n) is 4.17. The summed E-state index contributed by atoms with van der Waals surface area (Å²) in [6.45, 7) is 6.91. The first kappa shape index (κ1) is 31.5. The van der Waals surface area contributed by atoms with Crippen LogP contribution in [0.4, 0.5) is 5.69 Å². The number of hydrogen-bond acceptors (Lipinski definition) is 4. The maximum atomic E-state index is 14.0. The summed E-state index contributed by atoms with van der Waals surface area (Å²) in [5.74, 6) is -0.877. The van der Waals surface area contributed by atoms with Crippen LogP contribution < -0.4 is 9.62 Å². The molecule has 0 aliphatic carbocycles. The first-order chi connectivity index (χ1) is 19.0. The Kier molecular flexibility index (Phi) is 11.0. The second-order valence-corrected chi connectivity index (χ2v) is 12.2. The van der Waals surface area contributed by atoms with E-state index in [0.717, 1.165) is 16.3 Å². The van der Waals surface area contributed by atoms with E-state index >= 15 is 0 Å². The van der Waals surface area contributed by atoms with Gasteiger partial charge in [0.1, 0.15) is 12.6 Å². The van der Waals surface area contributed by atoms with E-state index in [2.05, 4.69) is 5.32 Å². The van der Waals surface area contributed by atoms with E-state index in [1.165, 1.54) is 17.0 Å². The van der Waals surface area contributed by atoms with Crippen molar-refractivity contribution >= 4 is 50.7 Å². The van der Waals surface area contributed by atoms with Crippen molar-refractivity contribution in [2.45, 2.75) is 64.1 Å². The lowest BCUT2D eigenvalue weighted by molar-refractivity contribution is -0.139. The molecular formula is C30H35Cl2N3O4S. The molecule has 0 fully saturated rings. The van der Waals surface area contributed by atoms with Gasteiger partial charge in [0.2, 0.25) is 11.8 Å². The van der Waals surface area contributed by atoms with Gasteiger partial charge in [0, 0.05) is 12.6 Å². The molecule has 2 atom stereocenters. The van der Waals surface area contributed by atoms with Crippen molar-refractivity contribution in [3.63, 3.8) is 0 Å². The van der Waals surface area contributed by atoms with Gasteiger partial charge in [0.05, 0.1) is 20.6 Å². The van der Waals surface area contributed by atoms with Gasteiger partial charge in [-0.15, -0.1) is 0 Å². The Hall–Kier alpha value is -3.07. The molecule has 10 heteroatoms. The van der Waals surface area contributed by atoms with E-state index < -0.39 is 28.5 Å². The summed E-state index contributed by atoms with van der Waals surface area (Å²) < 4.78 is 29.0. The fraction of sp³-hybridized carbons (Fsp3) is 0.333. The summed E-state index contributed by atoms with van der Waals surface area (Å²) in [6.07, 6.45) is 1.28. The van der Waals surface area contributed by atoms with E-state index in [1.807, 2.05) is 32.9 Å². The zero-order valence-electron chi connectivity index (χ0n) is 23.1. The van der Waals surface area contributed by atoms with Crippen molar-refractivity contribution in [2.75, 3.05) is 10.8 Å². The standard InChI is InChI=1S/C30H35Cl2N3O4S/c1-5-21(3)33-30(37)22(4)34(19-23-16-17-26(31)27(32)18-23)29(36)20-35(28-15-11-10-12-24(28)6-2)40(38,39)25-13-8-7-9-14-25/h7-18,21-22H,5-6,19-20H2,1-4H3,(H,33,37)/t21-,22+/m0/s1. The van der Waals surface area contributed by atoms with Gasteiger partial charge in [-0.2, -0.15) is 0 Å². The Bertz CT molecular complexity index is 1430. The van der Waals surface area contributed by atoms with Crippen LogP contribution in [0.2, 0.25) is 10.0 Å². The third-order valence-corrected chi connectivity index (χ3v) is 9.27. The number of anilines is 1. The minimum atomic E-state index is -4.12. The minimum Gasteiger partial charge on any atom is -0.352 e. The van der Waals surface area contributed by atoms with E-state index in [1.54, 1.807) is 55.5 Å². The Balaban J connectivity index is 2.06. The van der Waals surface area contributed by atoms with Gasteiger partial charge in [0.15, 0.2) is 0 Å². The van der Waals surface area contributed by atoms with Crippen molar-refractivity contribution in [3.8, 4) is 0 Å². The van der Waals surface area contributed by atoms with Crippen molar-refractivity contribution in [1.82, 2.24) is 10.2 Å². The number of benzene rings is 3. The van der Waals surface area contributed by atoms with Crippen LogP contribution in [0, 0.1) is 0 Å². The molecule has 0 unspecified atom stereocenters. The van der Waals surface area contributed by atoms with Crippen LogP contribution in [-0.4, -0.2) is 43.8 Å². The van der Waals surface area contributed by atoms with E-state index in [0.29, 0.717) is 27.7 Å². The highest BCUT2D eigenvalue weighted by atomic mass is 35.5. The average Bonchev–Trinajstić information content (AvgIpc) is 2.96.